The molecule has 1 amide bonds. The van der Waals surface area contributed by atoms with Crippen LogP contribution in [0.5, 0.6) is 0 Å². The molecule has 0 bridgehead atoms. The molecule has 4 rings (SSSR count). The maximum Gasteiger partial charge on any atom is 0.244 e. The Morgan fingerprint density at radius 2 is 2.07 bits per heavy atom. The van der Waals surface area contributed by atoms with Crippen molar-refractivity contribution in [3.05, 3.63) is 71.1 Å². The van der Waals surface area contributed by atoms with E-state index in [2.05, 4.69) is 20.7 Å². The largest absolute Gasteiger partial charge is 0.360 e. The molecule has 28 heavy (non-hydrogen) atoms. The molecule has 1 N–H and O–H groups in total. The van der Waals surface area contributed by atoms with Gasteiger partial charge in [0.2, 0.25) is 5.91 Å². The fraction of sp³-hybridized carbons (Fsp3) is 0.200. The van der Waals surface area contributed by atoms with E-state index in [0.29, 0.717) is 12.4 Å². The van der Waals surface area contributed by atoms with Gasteiger partial charge < -0.3 is 9.84 Å². The molecule has 4 aromatic heterocycles. The Hall–Kier alpha value is -3.68. The highest BCUT2D eigenvalue weighted by molar-refractivity contribution is 5.91. The van der Waals surface area contributed by atoms with E-state index in [1.807, 2.05) is 66.3 Å². The number of carbonyl (C=O) groups is 1. The Bertz CT molecular complexity index is 1180. The van der Waals surface area contributed by atoms with E-state index in [1.54, 1.807) is 6.08 Å². The molecule has 0 saturated heterocycles. The van der Waals surface area contributed by atoms with Crippen molar-refractivity contribution < 1.29 is 9.32 Å². The first-order valence-electron chi connectivity index (χ1n) is 8.90. The number of hydrogen-bond donors (Lipinski definition) is 1. The van der Waals surface area contributed by atoms with Crippen LogP contribution in [0.25, 0.3) is 17.5 Å². The van der Waals surface area contributed by atoms with Gasteiger partial charge in [0.05, 0.1) is 6.54 Å². The van der Waals surface area contributed by atoms with Crippen molar-refractivity contribution in [3.63, 3.8) is 0 Å². The van der Waals surface area contributed by atoms with E-state index in [9.17, 15) is 4.79 Å². The molecular weight excluding hydrogens is 356 g/mol. The average molecular weight is 376 g/mol. The van der Waals surface area contributed by atoms with Crippen molar-refractivity contribution in [2.75, 3.05) is 0 Å². The fourth-order valence-corrected chi connectivity index (χ4v) is 3.17. The first kappa shape index (κ1) is 17.7. The minimum absolute atomic E-state index is 0.199. The van der Waals surface area contributed by atoms with Gasteiger partial charge in [0.15, 0.2) is 17.3 Å². The zero-order chi connectivity index (χ0) is 19.7. The Labute approximate surface area is 161 Å². The van der Waals surface area contributed by atoms with Gasteiger partial charge in [0.25, 0.3) is 0 Å². The highest BCUT2D eigenvalue weighted by Gasteiger charge is 2.12. The Morgan fingerprint density at radius 3 is 2.86 bits per heavy atom. The van der Waals surface area contributed by atoms with Crippen molar-refractivity contribution in [3.8, 4) is 5.82 Å². The molecule has 0 saturated carbocycles. The maximum absolute atomic E-state index is 12.2. The summed E-state index contributed by atoms with van der Waals surface area (Å²) in [4.78, 5) is 12.2. The highest BCUT2D eigenvalue weighted by atomic mass is 16.5. The first-order valence-corrected chi connectivity index (χ1v) is 8.90. The fourth-order valence-electron chi connectivity index (χ4n) is 3.17. The van der Waals surface area contributed by atoms with Crippen LogP contribution in [-0.4, -0.2) is 30.2 Å². The molecule has 0 aliphatic rings. The van der Waals surface area contributed by atoms with Crippen molar-refractivity contribution >= 4 is 17.6 Å². The molecular formula is C20H20N6O2. The maximum atomic E-state index is 12.2. The SMILES string of the molecule is Cc1cc(-n2c(C)cc(/C=C/C(=O)NCc3nnc4ccccn34)c2C)no1. The molecule has 0 unspecified atom stereocenters. The van der Waals surface area contributed by atoms with Crippen LogP contribution in [-0.2, 0) is 11.3 Å². The summed E-state index contributed by atoms with van der Waals surface area (Å²) in [6.07, 6.45) is 5.18. The van der Waals surface area contributed by atoms with Gasteiger partial charge in [-0.1, -0.05) is 11.2 Å². The number of nitrogens with one attached hydrogen (secondary N) is 1. The summed E-state index contributed by atoms with van der Waals surface area (Å²) < 4.78 is 9.01. The second-order valence-electron chi connectivity index (χ2n) is 6.55. The lowest BCUT2D eigenvalue weighted by Gasteiger charge is -2.04. The highest BCUT2D eigenvalue weighted by Crippen LogP contribution is 2.21. The van der Waals surface area contributed by atoms with E-state index < -0.39 is 0 Å². The normalized spacial score (nSPS) is 11.5. The van der Waals surface area contributed by atoms with Gasteiger partial charge >= 0.3 is 0 Å². The number of hydrogen-bond acceptors (Lipinski definition) is 5. The third-order valence-electron chi connectivity index (χ3n) is 4.53. The van der Waals surface area contributed by atoms with E-state index >= 15 is 0 Å². The molecule has 8 heteroatoms. The van der Waals surface area contributed by atoms with Crippen LogP contribution < -0.4 is 5.32 Å². The second-order valence-corrected chi connectivity index (χ2v) is 6.55. The van der Waals surface area contributed by atoms with Crippen LogP contribution >= 0.6 is 0 Å². The lowest BCUT2D eigenvalue weighted by molar-refractivity contribution is -0.116. The van der Waals surface area contributed by atoms with Crippen molar-refractivity contribution in [2.24, 2.45) is 0 Å². The molecule has 8 nitrogen and oxygen atoms in total. The number of pyridine rings is 1. The van der Waals surface area contributed by atoms with Crippen LogP contribution in [0, 0.1) is 20.8 Å². The summed E-state index contributed by atoms with van der Waals surface area (Å²) in [6, 6.07) is 9.54. The summed E-state index contributed by atoms with van der Waals surface area (Å²) in [7, 11) is 0. The average Bonchev–Trinajstić information content (AvgIpc) is 3.36. The van der Waals surface area contributed by atoms with E-state index in [0.717, 1.165) is 34.2 Å². The first-order chi connectivity index (χ1) is 13.5. The standard InChI is InChI=1S/C20H20N6O2/c1-13-10-16(15(3)26(13)18-11-14(2)28-24-18)7-8-20(27)21-12-19-23-22-17-6-4-5-9-25(17)19/h4-11H,12H2,1-3H3,(H,21,27)/b8-7+. The van der Waals surface area contributed by atoms with Gasteiger partial charge in [-0.3, -0.25) is 13.8 Å². The number of nitrogens with zero attached hydrogens (tertiary/aromatic N) is 5. The molecule has 0 aliphatic heterocycles. The summed E-state index contributed by atoms with van der Waals surface area (Å²) >= 11 is 0. The van der Waals surface area contributed by atoms with Gasteiger partial charge in [-0.2, -0.15) is 0 Å². The Balaban J connectivity index is 1.46. The quantitative estimate of drug-likeness (QED) is 0.541. The lowest BCUT2D eigenvalue weighted by Crippen LogP contribution is -2.21. The van der Waals surface area contributed by atoms with E-state index in [-0.39, 0.29) is 5.91 Å². The minimum atomic E-state index is -0.199. The molecule has 0 spiro atoms. The van der Waals surface area contributed by atoms with Gasteiger partial charge in [0, 0.05) is 29.7 Å². The minimum Gasteiger partial charge on any atom is -0.360 e. The number of fused-ring (bicyclic) bond motifs is 1. The van der Waals surface area contributed by atoms with Gasteiger partial charge in [0.1, 0.15) is 5.76 Å². The van der Waals surface area contributed by atoms with Crippen molar-refractivity contribution in [1.82, 2.24) is 29.6 Å². The smallest absolute Gasteiger partial charge is 0.244 e. The summed E-state index contributed by atoms with van der Waals surface area (Å²) in [5, 5.41) is 15.1. The van der Waals surface area contributed by atoms with Crippen LogP contribution in [0.4, 0.5) is 0 Å². The predicted octanol–water partition coefficient (Wildman–Crippen LogP) is 2.76. The van der Waals surface area contributed by atoms with Gasteiger partial charge in [-0.05, 0) is 50.6 Å². The number of aryl methyl sites for hydroxylation is 2. The van der Waals surface area contributed by atoms with Crippen LogP contribution in [0.3, 0.4) is 0 Å². The second kappa shape index (κ2) is 7.15. The monoisotopic (exact) mass is 376 g/mol. The molecule has 4 heterocycles. The lowest BCUT2D eigenvalue weighted by atomic mass is 10.2. The molecule has 0 radical (unpaired) electrons. The predicted molar refractivity (Wildman–Crippen MR) is 104 cm³/mol. The summed E-state index contributed by atoms with van der Waals surface area (Å²) in [5.41, 5.74) is 3.69. The molecule has 0 fully saturated rings. The Morgan fingerprint density at radius 1 is 1.21 bits per heavy atom. The van der Waals surface area contributed by atoms with Crippen LogP contribution in [0.2, 0.25) is 0 Å². The third kappa shape index (κ3) is 3.32. The summed E-state index contributed by atoms with van der Waals surface area (Å²) in [5.74, 6) is 1.96. The molecule has 142 valence electrons. The number of aromatic nitrogens is 5. The van der Waals surface area contributed by atoms with Crippen molar-refractivity contribution in [1.29, 1.82) is 0 Å². The third-order valence-corrected chi connectivity index (χ3v) is 4.53. The topological polar surface area (TPSA) is 90.2 Å². The van der Waals surface area contributed by atoms with Crippen LogP contribution in [0.15, 0.2) is 47.1 Å². The van der Waals surface area contributed by atoms with Gasteiger partial charge in [-0.15, -0.1) is 10.2 Å². The number of rotatable bonds is 5. The number of carbonyl (C=O) groups excluding carboxylic acids is 1. The Kier molecular flexibility index (Phi) is 4.52. The van der Waals surface area contributed by atoms with E-state index in [1.165, 1.54) is 6.08 Å². The zero-order valence-electron chi connectivity index (χ0n) is 15.9. The summed E-state index contributed by atoms with van der Waals surface area (Å²) in [6.45, 7) is 6.13. The molecule has 0 aliphatic carbocycles. The number of amides is 1. The molecule has 4 aromatic rings. The van der Waals surface area contributed by atoms with Gasteiger partial charge in [-0.25, -0.2) is 0 Å². The molecule has 0 aromatic carbocycles. The van der Waals surface area contributed by atoms with Crippen LogP contribution in [0.1, 0.15) is 28.5 Å². The van der Waals surface area contributed by atoms with E-state index in [4.69, 9.17) is 4.52 Å². The zero-order valence-corrected chi connectivity index (χ0v) is 15.9. The molecule has 0 atom stereocenters. The van der Waals surface area contributed by atoms with Crippen molar-refractivity contribution in [2.45, 2.75) is 27.3 Å².